The van der Waals surface area contributed by atoms with Gasteiger partial charge < -0.3 is 0 Å². The monoisotopic (exact) mass is 399 g/mol. The van der Waals surface area contributed by atoms with Crippen LogP contribution in [0.25, 0.3) is 0 Å². The normalized spacial score (nSPS) is 27.8. The third kappa shape index (κ3) is 6.66. The van der Waals surface area contributed by atoms with Crippen molar-refractivity contribution in [2.24, 2.45) is 17.8 Å². The topological polar surface area (TPSA) is 23.8 Å². The van der Waals surface area contributed by atoms with E-state index in [4.69, 9.17) is 5.26 Å². The zero-order valence-electron chi connectivity index (χ0n) is 17.6. The van der Waals surface area contributed by atoms with Crippen LogP contribution < -0.4 is 0 Å². The number of nitrogens with zero attached hydrogens (tertiary/aromatic N) is 1. The van der Waals surface area contributed by atoms with Crippen molar-refractivity contribution < 1.29 is 8.78 Å². The van der Waals surface area contributed by atoms with Gasteiger partial charge in [-0.2, -0.15) is 5.26 Å². The van der Waals surface area contributed by atoms with Crippen LogP contribution in [0.3, 0.4) is 0 Å². The summed E-state index contributed by atoms with van der Waals surface area (Å²) in [4.78, 5) is 0. The maximum atomic E-state index is 13.9. The molecule has 2 aliphatic carbocycles. The smallest absolute Gasteiger partial charge is 0.141 e. The van der Waals surface area contributed by atoms with Gasteiger partial charge in [-0.05, 0) is 106 Å². The summed E-state index contributed by atoms with van der Waals surface area (Å²) >= 11 is 0. The molecule has 158 valence electrons. The Kier molecular flexibility index (Phi) is 8.71. The fraction of sp³-hybridized carbons (Fsp3) is 0.654. The van der Waals surface area contributed by atoms with Crippen molar-refractivity contribution in [3.8, 4) is 6.07 Å². The summed E-state index contributed by atoms with van der Waals surface area (Å²) in [5, 5.41) is 8.89. The standard InChI is InChI=1S/C26H35F2N/c27-17-3-1-2-4-20-5-7-21(8-6-20)9-10-22-11-13-23(14-12-22)24-15-16-25(19-29)26(28)18-24/h2,4,15-16,18,20-23H,1,3,5-14,17H2/b4-2+. The minimum absolute atomic E-state index is 0.146. The maximum Gasteiger partial charge on any atom is 0.141 e. The molecule has 29 heavy (non-hydrogen) atoms. The number of allylic oxidation sites excluding steroid dienone is 2. The Hall–Kier alpha value is -1.69. The summed E-state index contributed by atoms with van der Waals surface area (Å²) in [6.07, 6.45) is 18.8. The summed E-state index contributed by atoms with van der Waals surface area (Å²) < 4.78 is 26.0. The molecule has 2 saturated carbocycles. The van der Waals surface area contributed by atoms with Crippen LogP contribution in [-0.4, -0.2) is 6.67 Å². The highest BCUT2D eigenvalue weighted by Crippen LogP contribution is 2.40. The van der Waals surface area contributed by atoms with Crippen molar-refractivity contribution in [2.45, 2.75) is 83.0 Å². The van der Waals surface area contributed by atoms with Crippen molar-refractivity contribution in [3.63, 3.8) is 0 Å². The zero-order chi connectivity index (χ0) is 20.5. The Morgan fingerprint density at radius 2 is 1.62 bits per heavy atom. The first-order valence-electron chi connectivity index (χ1n) is 11.6. The van der Waals surface area contributed by atoms with E-state index >= 15 is 0 Å². The van der Waals surface area contributed by atoms with Gasteiger partial charge in [0.2, 0.25) is 0 Å². The van der Waals surface area contributed by atoms with E-state index < -0.39 is 0 Å². The van der Waals surface area contributed by atoms with Gasteiger partial charge >= 0.3 is 0 Å². The zero-order valence-corrected chi connectivity index (χ0v) is 17.6. The molecular formula is C26H35F2N. The first-order valence-corrected chi connectivity index (χ1v) is 11.6. The number of hydrogen-bond acceptors (Lipinski definition) is 1. The van der Waals surface area contributed by atoms with Gasteiger partial charge in [0.1, 0.15) is 11.9 Å². The lowest BCUT2D eigenvalue weighted by Crippen LogP contribution is -2.17. The van der Waals surface area contributed by atoms with E-state index in [2.05, 4.69) is 12.2 Å². The Morgan fingerprint density at radius 3 is 2.21 bits per heavy atom. The van der Waals surface area contributed by atoms with E-state index in [1.807, 2.05) is 12.1 Å². The molecule has 1 nitrogen and oxygen atoms in total. The van der Waals surface area contributed by atoms with Crippen molar-refractivity contribution in [2.75, 3.05) is 6.67 Å². The van der Waals surface area contributed by atoms with E-state index in [9.17, 15) is 8.78 Å². The van der Waals surface area contributed by atoms with Gasteiger partial charge in [-0.3, -0.25) is 4.39 Å². The van der Waals surface area contributed by atoms with Gasteiger partial charge in [-0.1, -0.05) is 31.1 Å². The molecule has 2 fully saturated rings. The van der Waals surface area contributed by atoms with Crippen LogP contribution >= 0.6 is 0 Å². The summed E-state index contributed by atoms with van der Waals surface area (Å²) in [5.74, 6) is 2.51. The Bertz CT molecular complexity index is 689. The molecule has 0 N–H and O–H groups in total. The Morgan fingerprint density at radius 1 is 0.966 bits per heavy atom. The van der Waals surface area contributed by atoms with Crippen LogP contribution in [-0.2, 0) is 0 Å². The van der Waals surface area contributed by atoms with Crippen LogP contribution in [0.2, 0.25) is 0 Å². The van der Waals surface area contributed by atoms with Gasteiger partial charge in [-0.15, -0.1) is 0 Å². The number of benzene rings is 1. The highest BCUT2D eigenvalue weighted by Gasteiger charge is 2.25. The van der Waals surface area contributed by atoms with Crippen molar-refractivity contribution >= 4 is 0 Å². The average molecular weight is 400 g/mol. The third-order valence-corrected chi connectivity index (χ3v) is 7.22. The molecule has 0 unspecified atom stereocenters. The van der Waals surface area contributed by atoms with Crippen LogP contribution in [0, 0.1) is 34.9 Å². The fourth-order valence-electron chi connectivity index (χ4n) is 5.28. The summed E-state index contributed by atoms with van der Waals surface area (Å²) in [5.41, 5.74) is 1.21. The number of halogens is 2. The third-order valence-electron chi connectivity index (χ3n) is 7.22. The molecule has 0 aromatic heterocycles. The van der Waals surface area contributed by atoms with Gasteiger partial charge in [0.25, 0.3) is 0 Å². The summed E-state index contributed by atoms with van der Waals surface area (Å²) in [6, 6.07) is 7.05. The van der Waals surface area contributed by atoms with Crippen LogP contribution in [0.5, 0.6) is 0 Å². The summed E-state index contributed by atoms with van der Waals surface area (Å²) in [6.45, 7) is -0.205. The van der Waals surface area contributed by atoms with Crippen LogP contribution in [0.15, 0.2) is 30.4 Å². The lowest BCUT2D eigenvalue weighted by Gasteiger charge is -2.31. The van der Waals surface area contributed by atoms with Gasteiger partial charge in [0, 0.05) is 0 Å². The molecule has 0 bridgehead atoms. The van der Waals surface area contributed by atoms with Crippen molar-refractivity contribution in [1.82, 2.24) is 0 Å². The highest BCUT2D eigenvalue weighted by molar-refractivity contribution is 5.34. The first-order chi connectivity index (χ1) is 14.2. The highest BCUT2D eigenvalue weighted by atomic mass is 19.1. The minimum atomic E-state index is -0.375. The molecule has 3 heteroatoms. The largest absolute Gasteiger partial charge is 0.251 e. The van der Waals surface area contributed by atoms with Crippen molar-refractivity contribution in [3.05, 3.63) is 47.3 Å². The van der Waals surface area contributed by atoms with Crippen molar-refractivity contribution in [1.29, 1.82) is 5.26 Å². The number of nitriles is 1. The molecule has 0 radical (unpaired) electrons. The number of unbranched alkanes of at least 4 members (excludes halogenated alkanes) is 1. The molecule has 3 rings (SSSR count). The molecular weight excluding hydrogens is 364 g/mol. The van der Waals surface area contributed by atoms with Gasteiger partial charge in [0.15, 0.2) is 0 Å². The molecule has 0 amide bonds. The molecule has 1 aromatic rings. The summed E-state index contributed by atoms with van der Waals surface area (Å²) in [7, 11) is 0. The lowest BCUT2D eigenvalue weighted by molar-refractivity contribution is 0.246. The first kappa shape index (κ1) is 22.0. The molecule has 2 aliphatic rings. The second-order valence-electron chi connectivity index (χ2n) is 9.19. The van der Waals surface area contributed by atoms with Gasteiger partial charge in [0.05, 0.1) is 12.2 Å². The van der Waals surface area contributed by atoms with Crippen LogP contribution in [0.4, 0.5) is 8.78 Å². The van der Waals surface area contributed by atoms with Gasteiger partial charge in [-0.25, -0.2) is 4.39 Å². The molecule has 1 aromatic carbocycles. The second kappa shape index (κ2) is 11.5. The van der Waals surface area contributed by atoms with E-state index in [-0.39, 0.29) is 18.1 Å². The van der Waals surface area contributed by atoms with Crippen LogP contribution in [0.1, 0.15) is 94.1 Å². The van der Waals surface area contributed by atoms with E-state index in [0.29, 0.717) is 18.3 Å². The fourth-order valence-corrected chi connectivity index (χ4v) is 5.28. The van der Waals surface area contributed by atoms with E-state index in [1.54, 1.807) is 12.1 Å². The number of rotatable bonds is 8. The molecule has 0 atom stereocenters. The SMILES string of the molecule is N#Cc1ccc(C2CCC(CCC3CCC(/C=C/CCCF)CC3)CC2)cc1F. The molecule has 0 spiro atoms. The number of hydrogen-bond donors (Lipinski definition) is 0. The maximum absolute atomic E-state index is 13.9. The predicted molar refractivity (Wildman–Crippen MR) is 115 cm³/mol. The number of alkyl halides is 1. The molecule has 0 saturated heterocycles. The average Bonchev–Trinajstić information content (AvgIpc) is 2.76. The second-order valence-corrected chi connectivity index (χ2v) is 9.19. The predicted octanol–water partition coefficient (Wildman–Crippen LogP) is 7.86. The van der Waals surface area contributed by atoms with E-state index in [0.717, 1.165) is 36.7 Å². The minimum Gasteiger partial charge on any atom is -0.251 e. The quantitative estimate of drug-likeness (QED) is 0.322. The van der Waals surface area contributed by atoms with E-state index in [1.165, 1.54) is 51.4 Å². The Labute approximate surface area is 175 Å². The molecule has 0 heterocycles. The lowest BCUT2D eigenvalue weighted by atomic mass is 9.74. The molecule has 0 aliphatic heterocycles. The Balaban J connectivity index is 1.34.